The Kier molecular flexibility index (Phi) is 3.07. The van der Waals surface area contributed by atoms with Crippen molar-refractivity contribution in [1.82, 2.24) is 4.98 Å². The Morgan fingerprint density at radius 2 is 2.21 bits per heavy atom. The summed E-state index contributed by atoms with van der Waals surface area (Å²) in [6, 6.07) is 1.73. The molecule has 0 spiro atoms. The first-order valence-corrected chi connectivity index (χ1v) is 3.87. The van der Waals surface area contributed by atoms with E-state index in [0.717, 1.165) is 6.20 Å². The lowest BCUT2D eigenvalue weighted by atomic mass is 10.0. The molecular weight excluding hydrogens is 193 g/mol. The van der Waals surface area contributed by atoms with E-state index in [-0.39, 0.29) is 17.5 Å². The molecule has 1 heterocycles. The van der Waals surface area contributed by atoms with Crippen LogP contribution in [0.4, 0.5) is 13.2 Å². The molecular formula is C9H7F3N2. The quantitative estimate of drug-likeness (QED) is 0.688. The molecule has 1 aromatic heterocycles. The Hall–Kier alpha value is -1.57. The van der Waals surface area contributed by atoms with Crippen LogP contribution in [0.25, 0.3) is 0 Å². The van der Waals surface area contributed by atoms with Crippen molar-refractivity contribution in [3.05, 3.63) is 28.8 Å². The molecule has 1 rings (SSSR count). The molecule has 0 bridgehead atoms. The zero-order chi connectivity index (χ0) is 10.7. The summed E-state index contributed by atoms with van der Waals surface area (Å²) in [5, 5.41) is 8.37. The van der Waals surface area contributed by atoms with Gasteiger partial charge in [0.1, 0.15) is 0 Å². The fourth-order valence-corrected chi connectivity index (χ4v) is 1.18. The minimum atomic E-state index is -2.78. The minimum absolute atomic E-state index is 0.0846. The fraction of sp³-hybridized carbons (Fsp3) is 0.333. The summed E-state index contributed by atoms with van der Waals surface area (Å²) in [5.41, 5.74) is -0.520. The lowest BCUT2D eigenvalue weighted by Gasteiger charge is -2.09. The molecule has 74 valence electrons. The van der Waals surface area contributed by atoms with Gasteiger partial charge in [0.05, 0.1) is 12.5 Å². The molecule has 14 heavy (non-hydrogen) atoms. The third-order valence-electron chi connectivity index (χ3n) is 1.88. The van der Waals surface area contributed by atoms with E-state index < -0.39 is 17.9 Å². The molecule has 0 saturated heterocycles. The number of hydrogen-bond donors (Lipinski definition) is 0. The van der Waals surface area contributed by atoms with E-state index in [0.29, 0.717) is 0 Å². The first-order chi connectivity index (χ1) is 6.57. The van der Waals surface area contributed by atoms with Crippen LogP contribution < -0.4 is 0 Å². The van der Waals surface area contributed by atoms with Crippen LogP contribution in [0.15, 0.2) is 6.20 Å². The van der Waals surface area contributed by atoms with Crippen molar-refractivity contribution in [2.24, 2.45) is 0 Å². The number of halogens is 3. The van der Waals surface area contributed by atoms with Crippen LogP contribution in [0.2, 0.25) is 0 Å². The number of pyridine rings is 1. The van der Waals surface area contributed by atoms with E-state index in [4.69, 9.17) is 5.26 Å². The number of aromatic nitrogens is 1. The molecule has 0 aliphatic carbocycles. The number of nitriles is 1. The van der Waals surface area contributed by atoms with E-state index >= 15 is 0 Å². The molecule has 1 aromatic rings. The SMILES string of the molecule is Cc1c(F)ncc(CC#N)c1C(F)F. The molecule has 0 unspecified atom stereocenters. The summed E-state index contributed by atoms with van der Waals surface area (Å²) < 4.78 is 37.8. The molecule has 0 amide bonds. The number of nitrogens with zero attached hydrogens (tertiary/aromatic N) is 2. The highest BCUT2D eigenvalue weighted by molar-refractivity contribution is 5.34. The molecule has 0 aliphatic rings. The van der Waals surface area contributed by atoms with E-state index in [1.807, 2.05) is 0 Å². The number of rotatable bonds is 2. The summed E-state index contributed by atoms with van der Waals surface area (Å²) in [6.45, 7) is 1.23. The summed E-state index contributed by atoms with van der Waals surface area (Å²) in [7, 11) is 0. The van der Waals surface area contributed by atoms with Crippen LogP contribution in [0.1, 0.15) is 23.1 Å². The maximum Gasteiger partial charge on any atom is 0.264 e. The summed E-state index contributed by atoms with van der Waals surface area (Å²) >= 11 is 0. The smallest absolute Gasteiger partial charge is 0.228 e. The highest BCUT2D eigenvalue weighted by Crippen LogP contribution is 2.27. The average molecular weight is 200 g/mol. The lowest BCUT2D eigenvalue weighted by molar-refractivity contribution is 0.148. The van der Waals surface area contributed by atoms with Gasteiger partial charge in [-0.2, -0.15) is 9.65 Å². The van der Waals surface area contributed by atoms with Crippen LogP contribution in [0, 0.1) is 24.2 Å². The van der Waals surface area contributed by atoms with Crippen molar-refractivity contribution < 1.29 is 13.2 Å². The molecule has 0 aliphatic heterocycles. The lowest BCUT2D eigenvalue weighted by Crippen LogP contribution is -2.02. The monoisotopic (exact) mass is 200 g/mol. The third-order valence-corrected chi connectivity index (χ3v) is 1.88. The van der Waals surface area contributed by atoms with Gasteiger partial charge in [0.15, 0.2) is 0 Å². The first-order valence-electron chi connectivity index (χ1n) is 3.87. The van der Waals surface area contributed by atoms with Gasteiger partial charge in [-0.3, -0.25) is 0 Å². The molecule has 0 radical (unpaired) electrons. The van der Waals surface area contributed by atoms with E-state index in [9.17, 15) is 13.2 Å². The largest absolute Gasteiger partial charge is 0.264 e. The highest BCUT2D eigenvalue weighted by Gasteiger charge is 2.18. The van der Waals surface area contributed by atoms with Gasteiger partial charge in [0, 0.05) is 17.3 Å². The normalized spacial score (nSPS) is 10.3. The van der Waals surface area contributed by atoms with Crippen molar-refractivity contribution in [1.29, 1.82) is 5.26 Å². The van der Waals surface area contributed by atoms with Crippen molar-refractivity contribution >= 4 is 0 Å². The van der Waals surface area contributed by atoms with Crippen molar-refractivity contribution in [2.45, 2.75) is 19.8 Å². The second-order valence-corrected chi connectivity index (χ2v) is 2.75. The standard InChI is InChI=1S/C9H7F3N2/c1-5-7(8(10)11)6(2-3-13)4-14-9(5)12/h4,8H,2H2,1H3. The van der Waals surface area contributed by atoms with E-state index in [1.165, 1.54) is 6.92 Å². The van der Waals surface area contributed by atoms with Gasteiger partial charge in [-0.05, 0) is 12.5 Å². The molecule has 0 saturated carbocycles. The zero-order valence-corrected chi connectivity index (χ0v) is 7.39. The van der Waals surface area contributed by atoms with Crippen molar-refractivity contribution in [3.63, 3.8) is 0 Å². The summed E-state index contributed by atoms with van der Waals surface area (Å²) in [5.74, 6) is -0.915. The third kappa shape index (κ3) is 1.84. The van der Waals surface area contributed by atoms with Gasteiger partial charge in [-0.25, -0.2) is 13.8 Å². The molecule has 0 atom stereocenters. The van der Waals surface area contributed by atoms with Gasteiger partial charge >= 0.3 is 0 Å². The van der Waals surface area contributed by atoms with Gasteiger partial charge in [0.2, 0.25) is 5.95 Å². The number of alkyl halides is 2. The Morgan fingerprint density at radius 1 is 1.57 bits per heavy atom. The Bertz CT molecular complexity index is 382. The highest BCUT2D eigenvalue weighted by atomic mass is 19.3. The zero-order valence-electron chi connectivity index (χ0n) is 7.39. The van der Waals surface area contributed by atoms with Crippen LogP contribution in [-0.2, 0) is 6.42 Å². The van der Waals surface area contributed by atoms with Gasteiger partial charge in [0.25, 0.3) is 6.43 Å². The molecule has 0 N–H and O–H groups in total. The second-order valence-electron chi connectivity index (χ2n) is 2.75. The van der Waals surface area contributed by atoms with Crippen LogP contribution in [0.5, 0.6) is 0 Å². The predicted molar refractivity (Wildman–Crippen MR) is 43.2 cm³/mol. The maximum absolute atomic E-state index is 12.8. The fourth-order valence-electron chi connectivity index (χ4n) is 1.18. The maximum atomic E-state index is 12.8. The second kappa shape index (κ2) is 4.09. The molecule has 0 fully saturated rings. The molecule has 2 nitrogen and oxygen atoms in total. The topological polar surface area (TPSA) is 36.7 Å². The Labute approximate surface area is 79.0 Å². The van der Waals surface area contributed by atoms with Crippen LogP contribution >= 0.6 is 0 Å². The summed E-state index contributed by atoms with van der Waals surface area (Å²) in [4.78, 5) is 3.29. The van der Waals surface area contributed by atoms with Crippen molar-refractivity contribution in [3.8, 4) is 6.07 Å². The van der Waals surface area contributed by atoms with E-state index in [1.54, 1.807) is 6.07 Å². The van der Waals surface area contributed by atoms with Gasteiger partial charge < -0.3 is 0 Å². The van der Waals surface area contributed by atoms with Crippen molar-refractivity contribution in [2.75, 3.05) is 0 Å². The Morgan fingerprint density at radius 3 is 2.71 bits per heavy atom. The first kappa shape index (κ1) is 10.5. The van der Waals surface area contributed by atoms with E-state index in [2.05, 4.69) is 4.98 Å². The van der Waals surface area contributed by atoms with Crippen LogP contribution in [0.3, 0.4) is 0 Å². The molecule has 0 aromatic carbocycles. The average Bonchev–Trinajstić information content (AvgIpc) is 2.11. The van der Waals surface area contributed by atoms with Gasteiger partial charge in [-0.1, -0.05) is 0 Å². The Balaban J connectivity index is 3.31. The summed E-state index contributed by atoms with van der Waals surface area (Å²) in [6.07, 6.45) is -1.99. The van der Waals surface area contributed by atoms with Gasteiger partial charge in [-0.15, -0.1) is 0 Å². The number of hydrogen-bond acceptors (Lipinski definition) is 2. The minimum Gasteiger partial charge on any atom is -0.228 e. The molecule has 5 heteroatoms. The van der Waals surface area contributed by atoms with Crippen LogP contribution in [-0.4, -0.2) is 4.98 Å². The predicted octanol–water partition coefficient (Wildman–Crippen LogP) is 2.53.